The third kappa shape index (κ3) is 5.70. The molecule has 1 fully saturated rings. The fourth-order valence-electron chi connectivity index (χ4n) is 6.21. The minimum Gasteiger partial charge on any atom is -0.501 e. The van der Waals surface area contributed by atoms with E-state index in [2.05, 4.69) is 37.2 Å². The second-order valence-corrected chi connectivity index (χ2v) is 12.9. The summed E-state index contributed by atoms with van der Waals surface area (Å²) in [5.74, 6) is -3.80. The van der Waals surface area contributed by atoms with Gasteiger partial charge in [-0.3, -0.25) is 25.0 Å². The number of esters is 1. The number of rotatable bonds is 9. The summed E-state index contributed by atoms with van der Waals surface area (Å²) in [5, 5.41) is 77.9. The van der Waals surface area contributed by atoms with Gasteiger partial charge in [-0.25, -0.2) is 4.79 Å². The SMILES string of the molecule is CC(=O)N[C@H]1[C@H](Oc2cccc3c2C(=O)OC32c3cc([N+](=O)[O-])c(O)c(Br)c3Oc3c2cc([N+](=O)[O-])c(OCCO)c3Br)O[C@H](CO)[C@@H](O)[C@@H]1O. The Morgan fingerprint density at radius 3 is 2.27 bits per heavy atom. The molecule has 21 heteroatoms. The van der Waals surface area contributed by atoms with E-state index in [1.165, 1.54) is 18.2 Å². The van der Waals surface area contributed by atoms with E-state index >= 15 is 0 Å². The van der Waals surface area contributed by atoms with Crippen molar-refractivity contribution in [3.05, 3.63) is 81.8 Å². The third-order valence-corrected chi connectivity index (χ3v) is 9.83. The van der Waals surface area contributed by atoms with E-state index in [1.54, 1.807) is 0 Å². The smallest absolute Gasteiger partial charge is 0.343 e. The van der Waals surface area contributed by atoms with Gasteiger partial charge in [0.25, 0.3) is 0 Å². The second kappa shape index (κ2) is 13.5. The number of aliphatic hydroxyl groups excluding tert-OH is 4. The lowest BCUT2D eigenvalue weighted by atomic mass is 9.77. The number of hydrogen-bond acceptors (Lipinski definition) is 16. The van der Waals surface area contributed by atoms with Gasteiger partial charge in [0.05, 0.1) is 34.2 Å². The molecule has 6 atom stereocenters. The van der Waals surface area contributed by atoms with Crippen molar-refractivity contribution in [1.29, 1.82) is 0 Å². The summed E-state index contributed by atoms with van der Waals surface area (Å²) >= 11 is 6.39. The average Bonchev–Trinajstić information content (AvgIpc) is 3.38. The number of carbonyl (C=O) groups excluding carboxylic acids is 2. The number of amides is 1. The van der Waals surface area contributed by atoms with Crippen molar-refractivity contribution < 1.29 is 68.7 Å². The van der Waals surface area contributed by atoms with Crippen LogP contribution in [-0.4, -0.2) is 97.7 Å². The van der Waals surface area contributed by atoms with Crippen molar-refractivity contribution in [1.82, 2.24) is 5.32 Å². The molecular formula is C30H25Br2N3O16. The predicted molar refractivity (Wildman–Crippen MR) is 174 cm³/mol. The van der Waals surface area contributed by atoms with Crippen LogP contribution < -0.4 is 19.5 Å². The normalized spacial score (nSPS) is 24.5. The number of fused-ring (bicyclic) bond motifs is 6. The number of halogens is 2. The first-order valence-electron chi connectivity index (χ1n) is 14.7. The van der Waals surface area contributed by atoms with E-state index in [9.17, 15) is 55.4 Å². The minimum absolute atomic E-state index is 0.0842. The third-order valence-electron chi connectivity index (χ3n) is 8.38. The van der Waals surface area contributed by atoms with Crippen LogP contribution in [0.3, 0.4) is 0 Å². The Hall–Kier alpha value is -4.64. The lowest BCUT2D eigenvalue weighted by Gasteiger charge is -2.42. The van der Waals surface area contributed by atoms with Gasteiger partial charge < -0.3 is 54.5 Å². The topological polar surface area (TPSA) is 280 Å². The maximum atomic E-state index is 14.0. The first-order valence-corrected chi connectivity index (χ1v) is 16.3. The number of nitro benzene ring substituents is 2. The van der Waals surface area contributed by atoms with Gasteiger partial charge in [-0.05, 0) is 37.9 Å². The fourth-order valence-corrected chi connectivity index (χ4v) is 7.32. The summed E-state index contributed by atoms with van der Waals surface area (Å²) in [6.07, 6.45) is -6.36. The standard InChI is InChI=1S/C30H25Br2N3O16/c1-10(38)33-21-24(41)23(40)17(9-37)49-29(21)48-16-4-2-3-11-18(16)28(42)51-30(11)12-7-14(34(43)44)22(39)19(31)25(12)50-26-13(30)8-15(35(45)46)27(20(26)32)47-6-5-36/h2-4,7-8,17,21,23-24,29,36-37,39-41H,5-6,9H2,1H3,(H,33,38)/t17-,21-,23-,24-,29-,30?/m1/s1. The Morgan fingerprint density at radius 2 is 1.67 bits per heavy atom. The number of ether oxygens (including phenoxy) is 5. The number of hydrogen-bond donors (Lipinski definition) is 6. The van der Waals surface area contributed by atoms with Crippen LogP contribution in [0.25, 0.3) is 0 Å². The summed E-state index contributed by atoms with van der Waals surface area (Å²) in [6, 6.07) is 4.47. The number of nitrogens with one attached hydrogen (secondary N) is 1. The predicted octanol–water partition coefficient (Wildman–Crippen LogP) is 2.00. The summed E-state index contributed by atoms with van der Waals surface area (Å²) in [7, 11) is 0. The van der Waals surface area contributed by atoms with Crippen molar-refractivity contribution in [2.75, 3.05) is 19.8 Å². The van der Waals surface area contributed by atoms with Gasteiger partial charge in [-0.1, -0.05) is 12.1 Å². The zero-order chi connectivity index (χ0) is 37.1. The summed E-state index contributed by atoms with van der Waals surface area (Å²) in [5.41, 5.74) is -4.67. The summed E-state index contributed by atoms with van der Waals surface area (Å²) in [4.78, 5) is 48.7. The Balaban J connectivity index is 1.62. The highest BCUT2D eigenvalue weighted by Gasteiger charge is 2.58. The van der Waals surface area contributed by atoms with E-state index in [0.29, 0.717) is 0 Å². The molecule has 0 saturated carbocycles. The molecule has 270 valence electrons. The van der Waals surface area contributed by atoms with Crippen molar-refractivity contribution >= 4 is 55.1 Å². The van der Waals surface area contributed by atoms with Gasteiger partial charge >= 0.3 is 17.3 Å². The molecule has 51 heavy (non-hydrogen) atoms. The van der Waals surface area contributed by atoms with Crippen molar-refractivity contribution in [2.45, 2.75) is 43.2 Å². The number of phenolic OH excluding ortho intramolecular Hbond substituents is 1. The molecule has 3 heterocycles. The lowest BCUT2D eigenvalue weighted by molar-refractivity contribution is -0.386. The molecule has 3 aromatic rings. The molecule has 6 N–H and O–H groups in total. The second-order valence-electron chi connectivity index (χ2n) is 11.3. The molecule has 0 radical (unpaired) electrons. The highest BCUT2D eigenvalue weighted by Crippen LogP contribution is 2.63. The summed E-state index contributed by atoms with van der Waals surface area (Å²) < 4.78 is 28.8. The number of carbonyl (C=O) groups is 2. The van der Waals surface area contributed by atoms with Gasteiger partial charge in [0.15, 0.2) is 17.1 Å². The number of nitro groups is 2. The van der Waals surface area contributed by atoms with E-state index in [0.717, 1.165) is 19.1 Å². The first-order chi connectivity index (χ1) is 24.2. The van der Waals surface area contributed by atoms with E-state index in [-0.39, 0.29) is 60.8 Å². The quantitative estimate of drug-likeness (QED) is 0.102. The molecule has 0 aliphatic carbocycles. The van der Waals surface area contributed by atoms with E-state index < -0.39 is 88.3 Å². The zero-order valence-corrected chi connectivity index (χ0v) is 28.9. The van der Waals surface area contributed by atoms with Crippen LogP contribution in [0.15, 0.2) is 39.3 Å². The van der Waals surface area contributed by atoms with Crippen molar-refractivity contribution in [3.63, 3.8) is 0 Å². The maximum Gasteiger partial charge on any atom is 0.343 e. The molecule has 1 amide bonds. The number of nitrogens with zero attached hydrogens (tertiary/aromatic N) is 2. The molecule has 3 aliphatic rings. The summed E-state index contributed by atoms with van der Waals surface area (Å²) in [6.45, 7) is -0.536. The zero-order valence-electron chi connectivity index (χ0n) is 25.8. The fraction of sp³-hybridized carbons (Fsp3) is 0.333. The number of phenols is 1. The molecule has 0 bridgehead atoms. The highest BCUT2D eigenvalue weighted by atomic mass is 79.9. The molecule has 3 aromatic carbocycles. The number of aliphatic hydroxyl groups is 4. The first kappa shape index (κ1) is 36.2. The largest absolute Gasteiger partial charge is 0.501 e. The van der Waals surface area contributed by atoms with Crippen LogP contribution in [0, 0.1) is 20.2 Å². The molecular weight excluding hydrogens is 818 g/mol. The van der Waals surface area contributed by atoms with Crippen LogP contribution in [0.4, 0.5) is 11.4 Å². The minimum atomic E-state index is -2.27. The number of aromatic hydroxyl groups is 1. The van der Waals surface area contributed by atoms with Gasteiger partial charge in [0, 0.05) is 24.6 Å². The van der Waals surface area contributed by atoms with Crippen LogP contribution in [0.2, 0.25) is 0 Å². The van der Waals surface area contributed by atoms with Gasteiger partial charge in [-0.15, -0.1) is 0 Å². The van der Waals surface area contributed by atoms with Gasteiger partial charge in [0.1, 0.15) is 51.2 Å². The Morgan fingerprint density at radius 1 is 1.02 bits per heavy atom. The average molecular weight is 843 g/mol. The Bertz CT molecular complexity index is 2000. The van der Waals surface area contributed by atoms with E-state index in [1.807, 2.05) is 0 Å². The monoisotopic (exact) mass is 841 g/mol. The lowest BCUT2D eigenvalue weighted by Crippen LogP contribution is -2.65. The molecule has 19 nitrogen and oxygen atoms in total. The molecule has 1 unspecified atom stereocenters. The molecule has 0 aromatic heterocycles. The molecule has 3 aliphatic heterocycles. The van der Waals surface area contributed by atoms with E-state index in [4.69, 9.17) is 23.7 Å². The molecule has 1 spiro atoms. The Labute approximate surface area is 301 Å². The Kier molecular flexibility index (Phi) is 9.56. The number of benzene rings is 3. The maximum absolute atomic E-state index is 14.0. The van der Waals surface area contributed by atoms with Crippen molar-refractivity contribution in [3.8, 4) is 28.7 Å². The van der Waals surface area contributed by atoms with Crippen LogP contribution in [0.1, 0.15) is 34.0 Å². The van der Waals surface area contributed by atoms with Gasteiger partial charge in [-0.2, -0.15) is 0 Å². The highest BCUT2D eigenvalue weighted by molar-refractivity contribution is 9.11. The van der Waals surface area contributed by atoms with Crippen LogP contribution >= 0.6 is 31.9 Å². The molecule has 6 rings (SSSR count). The van der Waals surface area contributed by atoms with Gasteiger partial charge in [0.2, 0.25) is 23.7 Å². The van der Waals surface area contributed by atoms with Crippen molar-refractivity contribution in [2.24, 2.45) is 0 Å². The molecule has 1 saturated heterocycles. The van der Waals surface area contributed by atoms with Crippen LogP contribution in [-0.2, 0) is 19.9 Å². The van der Waals surface area contributed by atoms with Crippen LogP contribution in [0.5, 0.6) is 28.7 Å².